The first-order chi connectivity index (χ1) is 11.5. The smallest absolute Gasteiger partial charge is 0.342 e. The van der Waals surface area contributed by atoms with Gasteiger partial charge in [0.05, 0.1) is 6.07 Å². The average molecular weight is 324 g/mol. The number of nitrogens with zero attached hydrogens (tertiary/aromatic N) is 2. The molecule has 0 unspecified atom stereocenters. The molecule has 0 aliphatic heterocycles. The molecule has 24 heavy (non-hydrogen) atoms. The number of hydrogen-bond acceptors (Lipinski definition) is 5. The lowest BCUT2D eigenvalue weighted by Crippen LogP contribution is -2.35. The summed E-state index contributed by atoms with van der Waals surface area (Å²) in [5.41, 5.74) is 1.07. The van der Waals surface area contributed by atoms with E-state index in [2.05, 4.69) is 0 Å². The molecule has 0 radical (unpaired) electrons. The molecule has 2 aromatic rings. The van der Waals surface area contributed by atoms with Crippen LogP contribution in [-0.2, 0) is 9.53 Å². The monoisotopic (exact) mass is 324 g/mol. The number of nitriles is 1. The van der Waals surface area contributed by atoms with Crippen molar-refractivity contribution in [2.75, 3.05) is 18.1 Å². The lowest BCUT2D eigenvalue weighted by molar-refractivity contribution is -0.121. The molecule has 122 valence electrons. The third-order valence-electron chi connectivity index (χ3n) is 3.38. The number of benzene rings is 2. The Morgan fingerprint density at radius 3 is 2.54 bits per heavy atom. The van der Waals surface area contributed by atoms with Gasteiger partial charge in [0.25, 0.3) is 5.91 Å². The van der Waals surface area contributed by atoms with Crippen LogP contribution >= 0.6 is 0 Å². The van der Waals surface area contributed by atoms with Crippen molar-refractivity contribution < 1.29 is 19.4 Å². The molecule has 6 nitrogen and oxygen atoms in total. The summed E-state index contributed by atoms with van der Waals surface area (Å²) in [5.74, 6) is -1.50. The minimum Gasteiger partial charge on any atom is -0.507 e. The summed E-state index contributed by atoms with van der Waals surface area (Å²) in [7, 11) is 0. The number of carbonyl (C=O) groups is 2. The number of anilines is 1. The molecule has 0 heterocycles. The number of para-hydroxylation sites is 2. The molecule has 0 saturated carbocycles. The Kier molecular flexibility index (Phi) is 5.53. The van der Waals surface area contributed by atoms with Crippen molar-refractivity contribution in [3.63, 3.8) is 0 Å². The van der Waals surface area contributed by atoms with Crippen LogP contribution in [0.2, 0.25) is 0 Å². The molecular formula is C18H16N2O4. The van der Waals surface area contributed by atoms with Gasteiger partial charge in [-0.05, 0) is 30.7 Å². The van der Waals surface area contributed by atoms with Crippen LogP contribution in [0.1, 0.15) is 15.9 Å². The first-order valence-corrected chi connectivity index (χ1v) is 7.22. The Hall–Kier alpha value is -3.33. The zero-order valence-corrected chi connectivity index (χ0v) is 13.1. The van der Waals surface area contributed by atoms with Gasteiger partial charge in [0, 0.05) is 5.69 Å². The number of aryl methyl sites for hydroxylation is 1. The molecule has 1 amide bonds. The van der Waals surface area contributed by atoms with Crippen molar-refractivity contribution >= 4 is 17.6 Å². The fourth-order valence-corrected chi connectivity index (χ4v) is 2.11. The molecule has 2 aromatic carbocycles. The second-order valence-corrected chi connectivity index (χ2v) is 5.02. The Bertz CT molecular complexity index is 781. The first-order valence-electron chi connectivity index (χ1n) is 7.22. The van der Waals surface area contributed by atoms with E-state index in [-0.39, 0.29) is 17.9 Å². The zero-order valence-electron chi connectivity index (χ0n) is 13.1. The van der Waals surface area contributed by atoms with Gasteiger partial charge in [0.2, 0.25) is 0 Å². The second-order valence-electron chi connectivity index (χ2n) is 5.02. The van der Waals surface area contributed by atoms with E-state index in [1.807, 2.05) is 6.07 Å². The minimum absolute atomic E-state index is 0.00524. The van der Waals surface area contributed by atoms with E-state index in [1.165, 1.54) is 11.0 Å². The quantitative estimate of drug-likeness (QED) is 0.674. The van der Waals surface area contributed by atoms with Crippen LogP contribution in [-0.4, -0.2) is 30.1 Å². The summed E-state index contributed by atoms with van der Waals surface area (Å²) in [4.78, 5) is 25.5. The van der Waals surface area contributed by atoms with E-state index < -0.39 is 18.5 Å². The standard InChI is InChI=1S/C18H16N2O4/c1-13-6-5-9-15(17(13)22)18(23)24-12-16(21)20(11-10-19)14-7-3-2-4-8-14/h2-9,22H,11-12H2,1H3. The molecule has 0 bridgehead atoms. The summed E-state index contributed by atoms with van der Waals surface area (Å²) in [6, 6.07) is 15.2. The zero-order chi connectivity index (χ0) is 17.5. The van der Waals surface area contributed by atoms with Gasteiger partial charge < -0.3 is 9.84 Å². The van der Waals surface area contributed by atoms with Gasteiger partial charge in [0.1, 0.15) is 17.9 Å². The predicted octanol–water partition coefficient (Wildman–Crippen LogP) is 2.41. The summed E-state index contributed by atoms with van der Waals surface area (Å²) >= 11 is 0. The van der Waals surface area contributed by atoms with E-state index in [0.29, 0.717) is 11.3 Å². The lowest BCUT2D eigenvalue weighted by atomic mass is 10.1. The first kappa shape index (κ1) is 17.0. The SMILES string of the molecule is Cc1cccc(C(=O)OCC(=O)N(CC#N)c2ccccc2)c1O. The van der Waals surface area contributed by atoms with Crippen molar-refractivity contribution in [1.82, 2.24) is 0 Å². The highest BCUT2D eigenvalue weighted by molar-refractivity contribution is 5.98. The molecule has 0 aliphatic rings. The maximum atomic E-state index is 12.3. The van der Waals surface area contributed by atoms with Crippen LogP contribution in [0.25, 0.3) is 0 Å². The Morgan fingerprint density at radius 2 is 1.88 bits per heavy atom. The van der Waals surface area contributed by atoms with E-state index >= 15 is 0 Å². The lowest BCUT2D eigenvalue weighted by Gasteiger charge is -2.19. The third-order valence-corrected chi connectivity index (χ3v) is 3.38. The number of phenolic OH excluding ortho intramolecular Hbond substituents is 1. The number of phenols is 1. The molecule has 0 aliphatic carbocycles. The number of amides is 1. The fraction of sp³-hybridized carbons (Fsp3) is 0.167. The molecule has 1 N–H and O–H groups in total. The Balaban J connectivity index is 2.07. The summed E-state index contributed by atoms with van der Waals surface area (Å²) in [6.07, 6.45) is 0. The van der Waals surface area contributed by atoms with Crippen LogP contribution in [0.5, 0.6) is 5.75 Å². The topological polar surface area (TPSA) is 90.6 Å². The molecule has 0 saturated heterocycles. The van der Waals surface area contributed by atoms with Crippen molar-refractivity contribution in [3.05, 3.63) is 59.7 Å². The molecule has 2 rings (SSSR count). The number of hydrogen-bond donors (Lipinski definition) is 1. The summed E-state index contributed by atoms with van der Waals surface area (Å²) in [6.45, 7) is 0.972. The van der Waals surface area contributed by atoms with Crippen molar-refractivity contribution in [3.8, 4) is 11.8 Å². The van der Waals surface area contributed by atoms with E-state index in [9.17, 15) is 14.7 Å². The van der Waals surface area contributed by atoms with Gasteiger partial charge in [-0.25, -0.2) is 4.79 Å². The number of esters is 1. The number of rotatable bonds is 5. The number of aromatic hydroxyl groups is 1. The van der Waals surface area contributed by atoms with E-state index in [1.54, 1.807) is 49.4 Å². The molecular weight excluding hydrogens is 308 g/mol. The molecule has 6 heteroatoms. The maximum absolute atomic E-state index is 12.3. The van der Waals surface area contributed by atoms with Gasteiger partial charge >= 0.3 is 5.97 Å². The summed E-state index contributed by atoms with van der Waals surface area (Å²) < 4.78 is 4.97. The molecule has 0 spiro atoms. The molecule has 0 fully saturated rings. The van der Waals surface area contributed by atoms with Gasteiger partial charge in [0.15, 0.2) is 6.61 Å². The predicted molar refractivity (Wildman–Crippen MR) is 87.5 cm³/mol. The highest BCUT2D eigenvalue weighted by Crippen LogP contribution is 2.22. The maximum Gasteiger partial charge on any atom is 0.342 e. The van der Waals surface area contributed by atoms with Crippen molar-refractivity contribution in [2.45, 2.75) is 6.92 Å². The van der Waals surface area contributed by atoms with Gasteiger partial charge in [-0.15, -0.1) is 0 Å². The van der Waals surface area contributed by atoms with Gasteiger partial charge in [-0.1, -0.05) is 30.3 Å². The fourth-order valence-electron chi connectivity index (χ4n) is 2.11. The van der Waals surface area contributed by atoms with Gasteiger partial charge in [-0.3, -0.25) is 9.69 Å². The average Bonchev–Trinajstić information content (AvgIpc) is 2.60. The van der Waals surface area contributed by atoms with Crippen LogP contribution < -0.4 is 4.90 Å². The van der Waals surface area contributed by atoms with Crippen molar-refractivity contribution in [1.29, 1.82) is 5.26 Å². The van der Waals surface area contributed by atoms with Crippen LogP contribution in [0.3, 0.4) is 0 Å². The molecule has 0 aromatic heterocycles. The number of carbonyl (C=O) groups excluding carboxylic acids is 2. The van der Waals surface area contributed by atoms with Gasteiger partial charge in [-0.2, -0.15) is 5.26 Å². The summed E-state index contributed by atoms with van der Waals surface area (Å²) in [5, 5.41) is 18.7. The molecule has 0 atom stereocenters. The Labute approximate surface area is 139 Å². The van der Waals surface area contributed by atoms with E-state index in [0.717, 1.165) is 0 Å². The second kappa shape index (κ2) is 7.79. The van der Waals surface area contributed by atoms with E-state index in [4.69, 9.17) is 10.00 Å². The minimum atomic E-state index is -0.797. The number of ether oxygens (including phenoxy) is 1. The highest BCUT2D eigenvalue weighted by atomic mass is 16.5. The normalized spacial score (nSPS) is 9.83. The largest absolute Gasteiger partial charge is 0.507 e. The van der Waals surface area contributed by atoms with Crippen LogP contribution in [0, 0.1) is 18.3 Å². The van der Waals surface area contributed by atoms with Crippen LogP contribution in [0.4, 0.5) is 5.69 Å². The van der Waals surface area contributed by atoms with Crippen molar-refractivity contribution in [2.24, 2.45) is 0 Å². The Morgan fingerprint density at radius 1 is 1.17 bits per heavy atom. The highest BCUT2D eigenvalue weighted by Gasteiger charge is 2.19. The van der Waals surface area contributed by atoms with Crippen LogP contribution in [0.15, 0.2) is 48.5 Å². The third kappa shape index (κ3) is 3.90.